The number of nitrogens with zero attached hydrogens (tertiary/aromatic N) is 1. The van der Waals surface area contributed by atoms with Gasteiger partial charge in [-0.3, -0.25) is 0 Å². The molecule has 0 aromatic heterocycles. The predicted octanol–water partition coefficient (Wildman–Crippen LogP) is 1.95. The molecule has 0 saturated carbocycles. The van der Waals surface area contributed by atoms with Crippen molar-refractivity contribution in [2.45, 2.75) is 18.9 Å². The first kappa shape index (κ1) is 12.8. The van der Waals surface area contributed by atoms with Crippen LogP contribution in [-0.2, 0) is 0 Å². The Morgan fingerprint density at radius 1 is 1.44 bits per heavy atom. The van der Waals surface area contributed by atoms with E-state index in [1.165, 1.54) is 11.0 Å². The van der Waals surface area contributed by atoms with Crippen molar-refractivity contribution in [3.8, 4) is 0 Å². The SMILES string of the molecule is O=C(Nc1c(F)cccc1F)N1CCC[C@H]1CO. The number of rotatable bonds is 2. The quantitative estimate of drug-likeness (QED) is 0.849. The second-order valence-corrected chi connectivity index (χ2v) is 4.20. The Labute approximate surface area is 103 Å². The molecule has 6 heteroatoms. The van der Waals surface area contributed by atoms with E-state index in [9.17, 15) is 13.6 Å². The lowest BCUT2D eigenvalue weighted by Gasteiger charge is -2.23. The molecule has 2 N–H and O–H groups in total. The molecule has 0 radical (unpaired) electrons. The molecule has 0 spiro atoms. The summed E-state index contributed by atoms with van der Waals surface area (Å²) in [6, 6.07) is 2.51. The zero-order valence-electron chi connectivity index (χ0n) is 9.70. The summed E-state index contributed by atoms with van der Waals surface area (Å²) in [6.45, 7) is 0.334. The van der Waals surface area contributed by atoms with Crippen LogP contribution in [0.25, 0.3) is 0 Å². The van der Waals surface area contributed by atoms with Crippen molar-refractivity contribution in [3.63, 3.8) is 0 Å². The fourth-order valence-corrected chi connectivity index (χ4v) is 2.09. The highest BCUT2D eigenvalue weighted by Crippen LogP contribution is 2.21. The van der Waals surface area contributed by atoms with Crippen molar-refractivity contribution in [2.75, 3.05) is 18.5 Å². The number of nitrogens with one attached hydrogen (secondary N) is 1. The standard InChI is InChI=1S/C12H14F2N2O2/c13-9-4-1-5-10(14)11(9)15-12(18)16-6-2-3-8(16)7-17/h1,4-5,8,17H,2-3,6-7H2,(H,15,18)/t8-/m0/s1. The Morgan fingerprint density at radius 2 is 2.11 bits per heavy atom. The first-order chi connectivity index (χ1) is 8.63. The van der Waals surface area contributed by atoms with Gasteiger partial charge in [-0.15, -0.1) is 0 Å². The van der Waals surface area contributed by atoms with Gasteiger partial charge in [0.1, 0.15) is 17.3 Å². The normalized spacial score (nSPS) is 19.1. The van der Waals surface area contributed by atoms with E-state index in [1.54, 1.807) is 0 Å². The first-order valence-corrected chi connectivity index (χ1v) is 5.76. The van der Waals surface area contributed by atoms with Crippen LogP contribution in [0.4, 0.5) is 19.3 Å². The lowest BCUT2D eigenvalue weighted by molar-refractivity contribution is 0.166. The number of urea groups is 1. The molecule has 2 amide bonds. The Bertz CT molecular complexity index is 433. The molecule has 0 unspecified atom stereocenters. The average Bonchev–Trinajstić information content (AvgIpc) is 2.82. The number of carbonyl (C=O) groups excluding carboxylic acids is 1. The van der Waals surface area contributed by atoms with Gasteiger partial charge in [0.15, 0.2) is 0 Å². The third kappa shape index (κ3) is 2.43. The largest absolute Gasteiger partial charge is 0.394 e. The number of hydrogen-bond acceptors (Lipinski definition) is 2. The molecule has 1 atom stereocenters. The molecule has 1 saturated heterocycles. The number of amides is 2. The van der Waals surface area contributed by atoms with E-state index in [-0.39, 0.29) is 12.6 Å². The van der Waals surface area contributed by atoms with Gasteiger partial charge in [0, 0.05) is 6.54 Å². The molecule has 1 aliphatic rings. The number of halogens is 2. The highest BCUT2D eigenvalue weighted by Gasteiger charge is 2.28. The number of benzene rings is 1. The number of anilines is 1. The summed E-state index contributed by atoms with van der Waals surface area (Å²) in [5.41, 5.74) is -0.453. The van der Waals surface area contributed by atoms with Gasteiger partial charge in [-0.1, -0.05) is 6.07 Å². The maximum atomic E-state index is 13.4. The number of aliphatic hydroxyl groups is 1. The van der Waals surface area contributed by atoms with Gasteiger partial charge in [0.2, 0.25) is 0 Å². The van der Waals surface area contributed by atoms with E-state index in [2.05, 4.69) is 5.32 Å². The van der Waals surface area contributed by atoms with Gasteiger partial charge in [-0.2, -0.15) is 0 Å². The van der Waals surface area contributed by atoms with Crippen LogP contribution in [0.2, 0.25) is 0 Å². The van der Waals surface area contributed by atoms with Crippen molar-refractivity contribution in [2.24, 2.45) is 0 Å². The van der Waals surface area contributed by atoms with E-state index >= 15 is 0 Å². The highest BCUT2D eigenvalue weighted by molar-refractivity contribution is 5.90. The monoisotopic (exact) mass is 256 g/mol. The minimum absolute atomic E-state index is 0.146. The second-order valence-electron chi connectivity index (χ2n) is 4.20. The van der Waals surface area contributed by atoms with Crippen LogP contribution >= 0.6 is 0 Å². The number of para-hydroxylation sites is 1. The third-order valence-electron chi connectivity index (χ3n) is 3.04. The smallest absolute Gasteiger partial charge is 0.322 e. The van der Waals surface area contributed by atoms with Crippen molar-refractivity contribution in [3.05, 3.63) is 29.8 Å². The topological polar surface area (TPSA) is 52.6 Å². The molecule has 98 valence electrons. The van der Waals surface area contributed by atoms with Gasteiger partial charge in [-0.05, 0) is 25.0 Å². The fraction of sp³-hybridized carbons (Fsp3) is 0.417. The Kier molecular flexibility index (Phi) is 3.76. The summed E-state index contributed by atoms with van der Waals surface area (Å²) in [5, 5.41) is 11.3. The molecular weight excluding hydrogens is 242 g/mol. The predicted molar refractivity (Wildman–Crippen MR) is 62.2 cm³/mol. The van der Waals surface area contributed by atoms with Crippen molar-refractivity contribution in [1.82, 2.24) is 4.90 Å². The van der Waals surface area contributed by atoms with Gasteiger partial charge in [0.25, 0.3) is 0 Å². The number of hydrogen-bond donors (Lipinski definition) is 2. The van der Waals surface area contributed by atoms with Crippen LogP contribution in [0.1, 0.15) is 12.8 Å². The second kappa shape index (κ2) is 5.30. The van der Waals surface area contributed by atoms with Gasteiger partial charge >= 0.3 is 6.03 Å². The summed E-state index contributed by atoms with van der Waals surface area (Å²) < 4.78 is 26.7. The summed E-state index contributed by atoms with van der Waals surface area (Å²) in [5.74, 6) is -1.63. The zero-order valence-corrected chi connectivity index (χ0v) is 9.70. The maximum Gasteiger partial charge on any atom is 0.322 e. The van der Waals surface area contributed by atoms with Crippen LogP contribution in [0.5, 0.6) is 0 Å². The molecule has 0 aliphatic carbocycles. The van der Waals surface area contributed by atoms with Crippen LogP contribution in [0.15, 0.2) is 18.2 Å². The molecule has 1 aromatic rings. The number of aliphatic hydroxyl groups excluding tert-OH is 1. The molecule has 0 bridgehead atoms. The van der Waals surface area contributed by atoms with Gasteiger partial charge in [-0.25, -0.2) is 13.6 Å². The van der Waals surface area contributed by atoms with Gasteiger partial charge in [0.05, 0.1) is 12.6 Å². The molecule has 1 fully saturated rings. The zero-order chi connectivity index (χ0) is 13.1. The Morgan fingerprint density at radius 3 is 2.72 bits per heavy atom. The summed E-state index contributed by atoms with van der Waals surface area (Å²) in [6.07, 6.45) is 1.47. The highest BCUT2D eigenvalue weighted by atomic mass is 19.1. The fourth-order valence-electron chi connectivity index (χ4n) is 2.09. The van der Waals surface area contributed by atoms with Crippen molar-refractivity contribution >= 4 is 11.7 Å². The molecule has 1 aliphatic heterocycles. The first-order valence-electron chi connectivity index (χ1n) is 5.76. The summed E-state index contributed by atoms with van der Waals surface area (Å²) in [7, 11) is 0. The van der Waals surface area contributed by atoms with Crippen LogP contribution in [0, 0.1) is 11.6 Å². The maximum absolute atomic E-state index is 13.4. The van der Waals surface area contributed by atoms with Crippen LogP contribution in [0.3, 0.4) is 0 Å². The lowest BCUT2D eigenvalue weighted by atomic mass is 10.2. The molecule has 1 heterocycles. The molecule has 4 nitrogen and oxygen atoms in total. The van der Waals surface area contributed by atoms with E-state index in [1.807, 2.05) is 0 Å². The minimum atomic E-state index is -0.817. The van der Waals surface area contributed by atoms with E-state index in [4.69, 9.17) is 5.11 Å². The van der Waals surface area contributed by atoms with E-state index in [0.29, 0.717) is 13.0 Å². The van der Waals surface area contributed by atoms with Crippen LogP contribution < -0.4 is 5.32 Å². The summed E-state index contributed by atoms with van der Waals surface area (Å²) >= 11 is 0. The number of carbonyl (C=O) groups is 1. The molecule has 2 rings (SSSR count). The van der Waals surface area contributed by atoms with E-state index in [0.717, 1.165) is 18.6 Å². The van der Waals surface area contributed by atoms with Crippen molar-refractivity contribution in [1.29, 1.82) is 0 Å². The van der Waals surface area contributed by atoms with Crippen molar-refractivity contribution < 1.29 is 18.7 Å². The van der Waals surface area contributed by atoms with Crippen LogP contribution in [-0.4, -0.2) is 35.2 Å². The Balaban J connectivity index is 2.12. The lowest BCUT2D eigenvalue weighted by Crippen LogP contribution is -2.40. The van der Waals surface area contributed by atoms with Gasteiger partial charge < -0.3 is 15.3 Å². The minimum Gasteiger partial charge on any atom is -0.394 e. The van der Waals surface area contributed by atoms with E-state index < -0.39 is 23.4 Å². The summed E-state index contributed by atoms with van der Waals surface area (Å²) in [4.78, 5) is 13.3. The number of likely N-dealkylation sites (tertiary alicyclic amines) is 1. The molecular formula is C12H14F2N2O2. The average molecular weight is 256 g/mol. The molecule has 1 aromatic carbocycles. The molecule has 18 heavy (non-hydrogen) atoms. The third-order valence-corrected chi connectivity index (χ3v) is 3.04. The Hall–Kier alpha value is -1.69.